The zero-order chi connectivity index (χ0) is 13.5. The third-order valence-corrected chi connectivity index (χ3v) is 3.37. The fourth-order valence-corrected chi connectivity index (χ4v) is 2.20. The maximum Gasteiger partial charge on any atom is 0.304 e. The maximum atomic E-state index is 11.9. The Balaban J connectivity index is 2.33. The molecule has 0 saturated heterocycles. The van der Waals surface area contributed by atoms with Gasteiger partial charge in [-0.1, -0.05) is 6.07 Å². The van der Waals surface area contributed by atoms with Gasteiger partial charge in [0.1, 0.15) is 0 Å². The summed E-state index contributed by atoms with van der Waals surface area (Å²) < 4.78 is 0. The molecule has 0 radical (unpaired) electrons. The molecular weight excluding hydrogens is 252 g/mol. The van der Waals surface area contributed by atoms with Crippen molar-refractivity contribution in [3.05, 3.63) is 22.4 Å². The Morgan fingerprint density at radius 2 is 2.11 bits per heavy atom. The number of rotatable bonds is 7. The average Bonchev–Trinajstić information content (AvgIpc) is 2.79. The largest absolute Gasteiger partial charge is 0.481 e. The number of likely N-dealkylation sites (N-methyl/N-ethyl adjacent to an activating group) is 2. The number of amides is 1. The van der Waals surface area contributed by atoms with E-state index in [9.17, 15) is 9.59 Å². The molecule has 1 N–H and O–H groups in total. The van der Waals surface area contributed by atoms with Gasteiger partial charge in [0.25, 0.3) is 0 Å². The third-order valence-electron chi connectivity index (χ3n) is 2.51. The lowest BCUT2D eigenvalue weighted by Crippen LogP contribution is -2.36. The molecule has 0 atom stereocenters. The van der Waals surface area contributed by atoms with E-state index < -0.39 is 5.97 Å². The van der Waals surface area contributed by atoms with E-state index in [-0.39, 0.29) is 18.9 Å². The molecule has 1 heterocycles. The van der Waals surface area contributed by atoms with Crippen LogP contribution in [0.2, 0.25) is 0 Å². The van der Waals surface area contributed by atoms with Gasteiger partial charge in [0.05, 0.1) is 19.5 Å². The summed E-state index contributed by atoms with van der Waals surface area (Å²) >= 11 is 1.62. The van der Waals surface area contributed by atoms with Crippen molar-refractivity contribution in [2.45, 2.75) is 13.0 Å². The molecule has 0 aliphatic carbocycles. The van der Waals surface area contributed by atoms with Crippen LogP contribution in [0.3, 0.4) is 0 Å². The van der Waals surface area contributed by atoms with Crippen molar-refractivity contribution >= 4 is 23.2 Å². The maximum absolute atomic E-state index is 11.9. The third kappa shape index (κ3) is 5.29. The van der Waals surface area contributed by atoms with Gasteiger partial charge in [0.2, 0.25) is 5.91 Å². The van der Waals surface area contributed by atoms with Gasteiger partial charge in [-0.15, -0.1) is 11.3 Å². The molecule has 0 fully saturated rings. The summed E-state index contributed by atoms with van der Waals surface area (Å²) in [6, 6.07) is 3.94. The van der Waals surface area contributed by atoms with E-state index in [1.54, 1.807) is 35.2 Å². The molecule has 0 aliphatic heterocycles. The monoisotopic (exact) mass is 270 g/mol. The van der Waals surface area contributed by atoms with Gasteiger partial charge in [-0.25, -0.2) is 0 Å². The lowest BCUT2D eigenvalue weighted by molar-refractivity contribution is -0.138. The minimum atomic E-state index is -0.846. The molecule has 1 rings (SSSR count). The molecule has 0 aliphatic rings. The van der Waals surface area contributed by atoms with Gasteiger partial charge in [-0.2, -0.15) is 0 Å². The van der Waals surface area contributed by atoms with Crippen LogP contribution in [0, 0.1) is 0 Å². The van der Waals surface area contributed by atoms with E-state index in [1.165, 1.54) is 0 Å². The Hall–Kier alpha value is -1.40. The Labute approximate surface area is 111 Å². The molecule has 0 saturated carbocycles. The van der Waals surface area contributed by atoms with Crippen LogP contribution in [0.4, 0.5) is 0 Å². The standard InChI is InChI=1S/C12H18N2O3S/c1-13(6-5-12(16)17)9-11(15)14(2)8-10-4-3-7-18-10/h3-4,7H,5-6,8-9H2,1-2H3,(H,16,17). The first kappa shape index (κ1) is 14.7. The number of carbonyl (C=O) groups is 2. The van der Waals surface area contributed by atoms with E-state index in [2.05, 4.69) is 0 Å². The van der Waals surface area contributed by atoms with E-state index in [0.29, 0.717) is 13.1 Å². The van der Waals surface area contributed by atoms with Crippen molar-refractivity contribution < 1.29 is 14.7 Å². The van der Waals surface area contributed by atoms with Crippen LogP contribution >= 0.6 is 11.3 Å². The van der Waals surface area contributed by atoms with Crippen LogP contribution in [-0.4, -0.2) is 54.0 Å². The van der Waals surface area contributed by atoms with Crippen molar-refractivity contribution in [1.82, 2.24) is 9.80 Å². The lowest BCUT2D eigenvalue weighted by atomic mass is 10.3. The van der Waals surface area contributed by atoms with Crippen molar-refractivity contribution in [1.29, 1.82) is 0 Å². The predicted octanol–water partition coefficient (Wildman–Crippen LogP) is 1.11. The smallest absolute Gasteiger partial charge is 0.304 e. The second-order valence-electron chi connectivity index (χ2n) is 4.21. The van der Waals surface area contributed by atoms with Gasteiger partial charge >= 0.3 is 5.97 Å². The van der Waals surface area contributed by atoms with Gasteiger partial charge in [-0.3, -0.25) is 14.5 Å². The molecule has 1 aromatic rings. The zero-order valence-corrected chi connectivity index (χ0v) is 11.4. The fourth-order valence-electron chi connectivity index (χ4n) is 1.44. The number of aliphatic carboxylic acids is 1. The summed E-state index contributed by atoms with van der Waals surface area (Å²) in [5, 5.41) is 10.5. The quantitative estimate of drug-likeness (QED) is 0.806. The van der Waals surface area contributed by atoms with Gasteiger partial charge in [0, 0.05) is 18.5 Å². The Kier molecular flexibility index (Phi) is 5.80. The number of nitrogens with zero attached hydrogens (tertiary/aromatic N) is 2. The lowest BCUT2D eigenvalue weighted by Gasteiger charge is -2.21. The molecule has 5 nitrogen and oxygen atoms in total. The van der Waals surface area contributed by atoms with Crippen LogP contribution < -0.4 is 0 Å². The summed E-state index contributed by atoms with van der Waals surface area (Å²) in [5.41, 5.74) is 0. The van der Waals surface area contributed by atoms with E-state index in [0.717, 1.165) is 4.88 Å². The molecule has 18 heavy (non-hydrogen) atoms. The van der Waals surface area contributed by atoms with Crippen LogP contribution in [0.15, 0.2) is 17.5 Å². The highest BCUT2D eigenvalue weighted by Crippen LogP contribution is 2.10. The summed E-state index contributed by atoms with van der Waals surface area (Å²) in [5.74, 6) is -0.850. The number of thiophene rings is 1. The first-order valence-corrected chi connectivity index (χ1v) is 6.53. The van der Waals surface area contributed by atoms with Crippen molar-refractivity contribution in [2.75, 3.05) is 27.2 Å². The summed E-state index contributed by atoms with van der Waals surface area (Å²) in [6.07, 6.45) is 0.0540. The fraction of sp³-hybridized carbons (Fsp3) is 0.500. The molecule has 0 unspecified atom stereocenters. The molecule has 1 amide bonds. The number of hydrogen-bond donors (Lipinski definition) is 1. The Morgan fingerprint density at radius 3 is 2.67 bits per heavy atom. The molecule has 0 spiro atoms. The molecular formula is C12H18N2O3S. The second kappa shape index (κ2) is 7.13. The summed E-state index contributed by atoms with van der Waals surface area (Å²) in [7, 11) is 3.51. The van der Waals surface area contributed by atoms with E-state index >= 15 is 0 Å². The first-order chi connectivity index (χ1) is 8.49. The number of carbonyl (C=O) groups excluding carboxylic acids is 1. The highest BCUT2D eigenvalue weighted by Gasteiger charge is 2.13. The summed E-state index contributed by atoms with van der Waals surface area (Å²) in [4.78, 5) is 26.8. The second-order valence-corrected chi connectivity index (χ2v) is 5.24. The number of carboxylic acid groups (broad SMARTS) is 1. The van der Waals surface area contributed by atoms with E-state index in [4.69, 9.17) is 5.11 Å². The van der Waals surface area contributed by atoms with Gasteiger partial charge in [-0.05, 0) is 18.5 Å². The molecule has 6 heteroatoms. The van der Waals surface area contributed by atoms with Gasteiger partial charge < -0.3 is 10.0 Å². The predicted molar refractivity (Wildman–Crippen MR) is 70.5 cm³/mol. The Morgan fingerprint density at radius 1 is 1.39 bits per heavy atom. The molecule has 1 aromatic heterocycles. The number of hydrogen-bond acceptors (Lipinski definition) is 4. The van der Waals surface area contributed by atoms with Crippen molar-refractivity contribution in [3.8, 4) is 0 Å². The van der Waals surface area contributed by atoms with E-state index in [1.807, 2.05) is 17.5 Å². The highest BCUT2D eigenvalue weighted by molar-refractivity contribution is 7.09. The van der Waals surface area contributed by atoms with Gasteiger partial charge in [0.15, 0.2) is 0 Å². The van der Waals surface area contributed by atoms with Crippen LogP contribution in [0.1, 0.15) is 11.3 Å². The van der Waals surface area contributed by atoms with Crippen LogP contribution in [-0.2, 0) is 16.1 Å². The van der Waals surface area contributed by atoms with Crippen LogP contribution in [0.25, 0.3) is 0 Å². The Bertz CT molecular complexity index is 392. The minimum Gasteiger partial charge on any atom is -0.481 e. The highest BCUT2D eigenvalue weighted by atomic mass is 32.1. The number of carboxylic acids is 1. The SMILES string of the molecule is CN(CCC(=O)O)CC(=O)N(C)Cc1cccs1. The van der Waals surface area contributed by atoms with Crippen molar-refractivity contribution in [3.63, 3.8) is 0 Å². The topological polar surface area (TPSA) is 60.9 Å². The summed E-state index contributed by atoms with van der Waals surface area (Å²) in [6.45, 7) is 1.23. The molecule has 100 valence electrons. The minimum absolute atomic E-state index is 0.00344. The first-order valence-electron chi connectivity index (χ1n) is 5.65. The van der Waals surface area contributed by atoms with Crippen LogP contribution in [0.5, 0.6) is 0 Å². The zero-order valence-electron chi connectivity index (χ0n) is 10.6. The van der Waals surface area contributed by atoms with Crippen molar-refractivity contribution in [2.24, 2.45) is 0 Å². The average molecular weight is 270 g/mol. The molecule has 0 bridgehead atoms. The molecule has 0 aromatic carbocycles. The normalized spacial score (nSPS) is 10.6.